The number of rotatable bonds is 5. The Morgan fingerprint density at radius 2 is 1.80 bits per heavy atom. The topological polar surface area (TPSA) is 58.5 Å². The van der Waals surface area contributed by atoms with Gasteiger partial charge in [-0.25, -0.2) is 5.43 Å². The third-order valence-electron chi connectivity index (χ3n) is 2.93. The molecule has 1 N–H and O–H groups in total. The molecule has 4 nitrogen and oxygen atoms in total. The Labute approximate surface area is 153 Å². The summed E-state index contributed by atoms with van der Waals surface area (Å²) in [5, 5.41) is 4.46. The minimum atomic E-state index is -0.341. The van der Waals surface area contributed by atoms with Crippen molar-refractivity contribution >= 4 is 35.6 Å². The molecule has 0 aromatic heterocycles. The monoisotopic (exact) mass is 356 g/mol. The molecule has 0 aliphatic heterocycles. The average molecular weight is 357 g/mol. The summed E-state index contributed by atoms with van der Waals surface area (Å²) in [5.74, 6) is -0.393. The van der Waals surface area contributed by atoms with Crippen LogP contribution in [0.3, 0.4) is 0 Å². The van der Waals surface area contributed by atoms with Crippen LogP contribution in [0.4, 0.5) is 0 Å². The van der Waals surface area contributed by atoms with E-state index in [0.29, 0.717) is 16.1 Å². The van der Waals surface area contributed by atoms with Crippen LogP contribution >= 0.6 is 11.6 Å². The summed E-state index contributed by atoms with van der Waals surface area (Å²) in [6, 6.07) is 14.1. The van der Waals surface area contributed by atoms with E-state index in [-0.39, 0.29) is 11.7 Å². The van der Waals surface area contributed by atoms with E-state index in [0.717, 1.165) is 5.56 Å². The van der Waals surface area contributed by atoms with Gasteiger partial charge in [0.1, 0.15) is 0 Å². The van der Waals surface area contributed by atoms with Crippen molar-refractivity contribution in [3.8, 4) is 0 Å². The standard InChI is InChI=1S/C18H15ClN2O2.C2H6/c1-13(22)9-10-14-5-4-7-15(11-14)18(23)21-20-12-16-6-2-3-8-17(16)19;1-2/h2-12H,1H3,(H,21,23);1-2H3/b10-9+,20-12+;. The van der Waals surface area contributed by atoms with Crippen molar-refractivity contribution in [1.29, 1.82) is 0 Å². The SMILES string of the molecule is CC.CC(=O)/C=C/c1cccc(C(=O)N/N=C/c2ccccc2Cl)c1. The van der Waals surface area contributed by atoms with E-state index >= 15 is 0 Å². The largest absolute Gasteiger partial charge is 0.295 e. The molecule has 0 fully saturated rings. The van der Waals surface area contributed by atoms with Crippen molar-refractivity contribution in [2.24, 2.45) is 5.10 Å². The maximum atomic E-state index is 12.1. The number of nitrogens with one attached hydrogen (secondary N) is 1. The number of allylic oxidation sites excluding steroid dienone is 1. The summed E-state index contributed by atoms with van der Waals surface area (Å²) in [6.45, 7) is 5.47. The Morgan fingerprint density at radius 1 is 1.08 bits per heavy atom. The van der Waals surface area contributed by atoms with Gasteiger partial charge in [-0.1, -0.05) is 61.9 Å². The number of carbonyl (C=O) groups is 2. The van der Waals surface area contributed by atoms with E-state index in [1.807, 2.05) is 32.0 Å². The first kappa shape index (κ1) is 20.3. The molecule has 2 aromatic rings. The van der Waals surface area contributed by atoms with E-state index in [4.69, 9.17) is 11.6 Å². The van der Waals surface area contributed by atoms with Crippen LogP contribution < -0.4 is 5.43 Å². The molecule has 0 radical (unpaired) electrons. The molecule has 0 bridgehead atoms. The number of hydrogen-bond donors (Lipinski definition) is 1. The van der Waals surface area contributed by atoms with E-state index < -0.39 is 0 Å². The Balaban J connectivity index is 0.00000151. The van der Waals surface area contributed by atoms with Gasteiger partial charge in [-0.05, 0) is 36.8 Å². The molecule has 0 atom stereocenters. The van der Waals surface area contributed by atoms with Gasteiger partial charge >= 0.3 is 0 Å². The quantitative estimate of drug-likeness (QED) is 0.478. The lowest BCUT2D eigenvalue weighted by Crippen LogP contribution is -2.17. The van der Waals surface area contributed by atoms with Crippen molar-refractivity contribution < 1.29 is 9.59 Å². The molecule has 0 aliphatic carbocycles. The zero-order valence-electron chi connectivity index (χ0n) is 14.5. The van der Waals surface area contributed by atoms with Gasteiger partial charge in [-0.2, -0.15) is 5.10 Å². The molecule has 0 aliphatic rings. The first-order chi connectivity index (χ1) is 12.1. The third-order valence-corrected chi connectivity index (χ3v) is 3.28. The van der Waals surface area contributed by atoms with Gasteiger partial charge in [-0.3, -0.25) is 9.59 Å². The van der Waals surface area contributed by atoms with E-state index in [2.05, 4.69) is 10.5 Å². The highest BCUT2D eigenvalue weighted by Gasteiger charge is 2.04. The fraction of sp³-hybridized carbons (Fsp3) is 0.150. The molecule has 5 heteroatoms. The van der Waals surface area contributed by atoms with Crippen molar-refractivity contribution in [3.05, 3.63) is 76.3 Å². The second-order valence-corrected chi connectivity index (χ2v) is 5.20. The number of ketones is 1. The number of benzene rings is 2. The molecule has 0 saturated carbocycles. The predicted octanol–water partition coefficient (Wildman–Crippen LogP) is 4.73. The van der Waals surface area contributed by atoms with Gasteiger partial charge in [0, 0.05) is 16.1 Å². The number of hydrazone groups is 1. The minimum absolute atomic E-state index is 0.0517. The first-order valence-electron chi connectivity index (χ1n) is 7.93. The molecule has 0 saturated heterocycles. The second-order valence-electron chi connectivity index (χ2n) is 4.79. The third kappa shape index (κ3) is 7.14. The summed E-state index contributed by atoms with van der Waals surface area (Å²) in [4.78, 5) is 23.0. The van der Waals surface area contributed by atoms with E-state index in [1.54, 1.807) is 36.4 Å². The lowest BCUT2D eigenvalue weighted by atomic mass is 10.1. The van der Waals surface area contributed by atoms with Crippen molar-refractivity contribution in [2.45, 2.75) is 20.8 Å². The van der Waals surface area contributed by atoms with Crippen LogP contribution in [-0.4, -0.2) is 17.9 Å². The Hall–Kier alpha value is -2.72. The molecule has 1 amide bonds. The molecule has 0 spiro atoms. The van der Waals surface area contributed by atoms with Crippen molar-refractivity contribution in [2.75, 3.05) is 0 Å². The molecular weight excluding hydrogens is 336 g/mol. The van der Waals surface area contributed by atoms with Gasteiger partial charge < -0.3 is 0 Å². The van der Waals surface area contributed by atoms with Crippen molar-refractivity contribution in [3.63, 3.8) is 0 Å². The summed E-state index contributed by atoms with van der Waals surface area (Å²) in [6.07, 6.45) is 4.60. The zero-order valence-corrected chi connectivity index (χ0v) is 15.2. The van der Waals surface area contributed by atoms with Crippen LogP contribution in [0.2, 0.25) is 5.02 Å². The summed E-state index contributed by atoms with van der Waals surface area (Å²) < 4.78 is 0. The van der Waals surface area contributed by atoms with E-state index in [1.165, 1.54) is 19.2 Å². The number of hydrogen-bond acceptors (Lipinski definition) is 3. The lowest BCUT2D eigenvalue weighted by Gasteiger charge is -2.01. The summed E-state index contributed by atoms with van der Waals surface area (Å²) in [7, 11) is 0. The molecule has 0 heterocycles. The minimum Gasteiger partial charge on any atom is -0.295 e. The molecule has 25 heavy (non-hydrogen) atoms. The molecule has 0 unspecified atom stereocenters. The van der Waals surface area contributed by atoms with Crippen LogP contribution in [0, 0.1) is 0 Å². The van der Waals surface area contributed by atoms with E-state index in [9.17, 15) is 9.59 Å². The summed E-state index contributed by atoms with van der Waals surface area (Å²) in [5.41, 5.74) is 4.38. The van der Waals surface area contributed by atoms with Crippen LogP contribution in [0.1, 0.15) is 42.3 Å². The fourth-order valence-corrected chi connectivity index (χ4v) is 1.99. The smallest absolute Gasteiger partial charge is 0.271 e. The van der Waals surface area contributed by atoms with Crippen LogP contribution in [0.25, 0.3) is 6.08 Å². The van der Waals surface area contributed by atoms with Crippen LogP contribution in [0.15, 0.2) is 59.7 Å². The van der Waals surface area contributed by atoms with Gasteiger partial charge in [0.15, 0.2) is 5.78 Å². The van der Waals surface area contributed by atoms with Crippen LogP contribution in [-0.2, 0) is 4.79 Å². The number of amides is 1. The molecule has 2 rings (SSSR count). The van der Waals surface area contributed by atoms with Gasteiger partial charge in [-0.15, -0.1) is 0 Å². The highest BCUT2D eigenvalue weighted by atomic mass is 35.5. The number of carbonyl (C=O) groups excluding carboxylic acids is 2. The Morgan fingerprint density at radius 3 is 2.48 bits per heavy atom. The van der Waals surface area contributed by atoms with Crippen molar-refractivity contribution in [1.82, 2.24) is 5.43 Å². The Kier molecular flexibility index (Phi) is 8.90. The average Bonchev–Trinajstić information content (AvgIpc) is 2.63. The normalized spacial score (nSPS) is 10.4. The zero-order chi connectivity index (χ0) is 18.7. The van der Waals surface area contributed by atoms with Gasteiger partial charge in [0.25, 0.3) is 5.91 Å². The maximum absolute atomic E-state index is 12.1. The fourth-order valence-electron chi connectivity index (χ4n) is 1.80. The van der Waals surface area contributed by atoms with Gasteiger partial charge in [0.05, 0.1) is 6.21 Å². The Bertz CT molecular complexity index is 783. The lowest BCUT2D eigenvalue weighted by molar-refractivity contribution is -0.112. The number of nitrogens with zero attached hydrogens (tertiary/aromatic N) is 1. The molecule has 130 valence electrons. The van der Waals surface area contributed by atoms with Gasteiger partial charge in [0.2, 0.25) is 0 Å². The summed E-state index contributed by atoms with van der Waals surface area (Å²) >= 11 is 6.00. The maximum Gasteiger partial charge on any atom is 0.271 e. The molecule has 2 aromatic carbocycles. The predicted molar refractivity (Wildman–Crippen MR) is 104 cm³/mol. The number of halogens is 1. The highest BCUT2D eigenvalue weighted by Crippen LogP contribution is 2.12. The molecular formula is C20H21ClN2O2. The first-order valence-corrected chi connectivity index (χ1v) is 8.31. The van der Waals surface area contributed by atoms with Crippen LogP contribution in [0.5, 0.6) is 0 Å². The second kappa shape index (κ2) is 10.9. The highest BCUT2D eigenvalue weighted by molar-refractivity contribution is 6.33.